The number of fused-ring (bicyclic) bond motifs is 2. The van der Waals surface area contributed by atoms with E-state index in [1.165, 1.54) is 0 Å². The number of pyridine rings is 1. The molecular weight excluding hydrogens is 498 g/mol. The molecule has 0 fully saturated rings. The van der Waals surface area contributed by atoms with Crippen molar-refractivity contribution in [3.8, 4) is 0 Å². The van der Waals surface area contributed by atoms with Gasteiger partial charge < -0.3 is 15.4 Å². The Morgan fingerprint density at radius 2 is 1.77 bits per heavy atom. The molecule has 2 N–H and O–H groups in total. The first-order valence-electron chi connectivity index (χ1n) is 13.3. The van der Waals surface area contributed by atoms with Crippen LogP contribution in [0.25, 0.3) is 0 Å². The van der Waals surface area contributed by atoms with Crippen molar-refractivity contribution in [3.05, 3.63) is 65.5 Å². The van der Waals surface area contributed by atoms with Gasteiger partial charge in [0.05, 0.1) is 18.4 Å². The molecule has 0 spiro atoms. The first-order chi connectivity index (χ1) is 18.5. The Labute approximate surface area is 229 Å². The summed E-state index contributed by atoms with van der Waals surface area (Å²) in [5.41, 5.74) is 2.29. The maximum absolute atomic E-state index is 13.4. The molecule has 39 heavy (non-hydrogen) atoms. The Kier molecular flexibility index (Phi) is 10.5. The topological polar surface area (TPSA) is 132 Å². The largest absolute Gasteiger partial charge is 0.461 e. The van der Waals surface area contributed by atoms with Crippen molar-refractivity contribution < 1.29 is 28.7 Å². The molecular formula is C30H37N3O6. The van der Waals surface area contributed by atoms with Gasteiger partial charge in [-0.2, -0.15) is 0 Å². The number of hydrogen-bond donors (Lipinski definition) is 2. The van der Waals surface area contributed by atoms with Gasteiger partial charge in [0, 0.05) is 37.2 Å². The number of rotatable bonds is 11. The maximum atomic E-state index is 13.4. The van der Waals surface area contributed by atoms with Gasteiger partial charge in [0.25, 0.3) is 5.91 Å². The van der Waals surface area contributed by atoms with E-state index in [1.807, 2.05) is 50.2 Å². The highest BCUT2D eigenvalue weighted by molar-refractivity contribution is 6.37. The van der Waals surface area contributed by atoms with Crippen molar-refractivity contribution in [2.45, 2.75) is 66.2 Å². The Morgan fingerprint density at radius 3 is 2.44 bits per heavy atom. The second-order valence-electron chi connectivity index (χ2n) is 10.7. The van der Waals surface area contributed by atoms with Crippen LogP contribution >= 0.6 is 0 Å². The van der Waals surface area contributed by atoms with E-state index in [0.29, 0.717) is 5.69 Å². The predicted molar refractivity (Wildman–Crippen MR) is 144 cm³/mol. The number of ether oxygens (including phenoxy) is 1. The first kappa shape index (κ1) is 29.7. The molecule has 9 nitrogen and oxygen atoms in total. The van der Waals surface area contributed by atoms with Crippen molar-refractivity contribution in [2.75, 3.05) is 0 Å². The van der Waals surface area contributed by atoms with Crippen molar-refractivity contribution in [3.63, 3.8) is 0 Å². The highest BCUT2D eigenvalue weighted by atomic mass is 16.5. The summed E-state index contributed by atoms with van der Waals surface area (Å²) in [6, 6.07) is 11.9. The van der Waals surface area contributed by atoms with Crippen LogP contribution < -0.4 is 10.6 Å². The van der Waals surface area contributed by atoms with Crippen LogP contribution in [0.1, 0.15) is 57.4 Å². The van der Waals surface area contributed by atoms with Crippen LogP contribution in [0.5, 0.6) is 0 Å². The highest BCUT2D eigenvalue weighted by Gasteiger charge is 2.35. The van der Waals surface area contributed by atoms with Crippen LogP contribution in [0.4, 0.5) is 0 Å². The van der Waals surface area contributed by atoms with E-state index in [9.17, 15) is 24.0 Å². The molecule has 1 aliphatic rings. The van der Waals surface area contributed by atoms with Gasteiger partial charge in [-0.05, 0) is 35.1 Å². The van der Waals surface area contributed by atoms with Crippen LogP contribution in [0.2, 0.25) is 0 Å². The zero-order valence-corrected chi connectivity index (χ0v) is 22.9. The Balaban J connectivity index is 1.67. The van der Waals surface area contributed by atoms with Crippen LogP contribution in [0.15, 0.2) is 48.7 Å². The highest BCUT2D eigenvalue weighted by Crippen LogP contribution is 2.21. The fourth-order valence-corrected chi connectivity index (χ4v) is 4.57. The van der Waals surface area contributed by atoms with Gasteiger partial charge in [-0.15, -0.1) is 0 Å². The lowest BCUT2D eigenvalue weighted by Crippen LogP contribution is -2.49. The van der Waals surface area contributed by atoms with E-state index in [0.717, 1.165) is 11.1 Å². The molecule has 3 rings (SSSR count). The summed E-state index contributed by atoms with van der Waals surface area (Å²) in [6.45, 7) is 7.57. The van der Waals surface area contributed by atoms with Crippen molar-refractivity contribution in [1.29, 1.82) is 0 Å². The van der Waals surface area contributed by atoms with Crippen LogP contribution in [-0.2, 0) is 48.3 Å². The quantitative estimate of drug-likeness (QED) is 0.334. The molecule has 1 aliphatic heterocycles. The van der Waals surface area contributed by atoms with E-state index in [-0.39, 0.29) is 50.0 Å². The molecule has 0 saturated carbocycles. The van der Waals surface area contributed by atoms with E-state index in [1.54, 1.807) is 26.1 Å². The van der Waals surface area contributed by atoms with E-state index in [2.05, 4.69) is 15.6 Å². The van der Waals surface area contributed by atoms with Gasteiger partial charge in [0.15, 0.2) is 5.78 Å². The zero-order chi connectivity index (χ0) is 28.5. The molecule has 2 amide bonds. The minimum atomic E-state index is -0.898. The Bertz CT molecular complexity index is 1190. The summed E-state index contributed by atoms with van der Waals surface area (Å²) in [7, 11) is 0. The number of amides is 2. The third kappa shape index (κ3) is 8.56. The lowest BCUT2D eigenvalue weighted by Gasteiger charge is -2.27. The molecule has 208 valence electrons. The second-order valence-corrected chi connectivity index (χ2v) is 10.7. The number of carbonyl (C=O) groups is 5. The fraction of sp³-hybridized carbons (Fsp3) is 0.467. The normalized spacial score (nSPS) is 16.9. The average molecular weight is 536 g/mol. The van der Waals surface area contributed by atoms with Gasteiger partial charge in [0.2, 0.25) is 11.7 Å². The molecule has 1 aromatic heterocycles. The van der Waals surface area contributed by atoms with Gasteiger partial charge >= 0.3 is 5.97 Å². The summed E-state index contributed by atoms with van der Waals surface area (Å²) in [5, 5.41) is 5.41. The molecule has 0 aliphatic carbocycles. The van der Waals surface area contributed by atoms with Crippen LogP contribution in [0.3, 0.4) is 0 Å². The summed E-state index contributed by atoms with van der Waals surface area (Å²) < 4.78 is 5.36. The number of carbonyl (C=O) groups excluding carboxylic acids is 5. The molecule has 9 heteroatoms. The third-order valence-electron chi connectivity index (χ3n) is 6.91. The number of nitrogens with one attached hydrogen (secondary N) is 2. The summed E-state index contributed by atoms with van der Waals surface area (Å²) in [6.07, 6.45) is 1.41. The van der Waals surface area contributed by atoms with Gasteiger partial charge in [0.1, 0.15) is 6.61 Å². The number of ketones is 2. The second kappa shape index (κ2) is 13.8. The van der Waals surface area contributed by atoms with Crippen molar-refractivity contribution >= 4 is 29.4 Å². The van der Waals surface area contributed by atoms with Crippen molar-refractivity contribution in [1.82, 2.24) is 15.6 Å². The third-order valence-corrected chi connectivity index (χ3v) is 6.91. The zero-order valence-electron chi connectivity index (χ0n) is 22.9. The van der Waals surface area contributed by atoms with E-state index < -0.39 is 41.4 Å². The maximum Gasteiger partial charge on any atom is 0.306 e. The summed E-state index contributed by atoms with van der Waals surface area (Å²) in [5.74, 6) is -4.77. The number of hydrogen-bond acceptors (Lipinski definition) is 7. The molecule has 0 saturated heterocycles. The number of Topliss-reactive ketones (excluding diaryl/α,β-unsaturated/α-hetero) is 2. The molecule has 3 atom stereocenters. The molecule has 1 aromatic carbocycles. The smallest absolute Gasteiger partial charge is 0.306 e. The molecule has 3 unspecified atom stereocenters. The predicted octanol–water partition coefficient (Wildman–Crippen LogP) is 2.94. The summed E-state index contributed by atoms with van der Waals surface area (Å²) >= 11 is 0. The molecule has 2 bridgehead atoms. The van der Waals surface area contributed by atoms with E-state index >= 15 is 0 Å². The Morgan fingerprint density at radius 1 is 1.05 bits per heavy atom. The van der Waals surface area contributed by atoms with Crippen LogP contribution in [0, 0.1) is 23.7 Å². The lowest BCUT2D eigenvalue weighted by molar-refractivity contribution is -0.149. The number of nitrogens with zero attached hydrogens (tertiary/aromatic N) is 1. The molecule has 2 heterocycles. The first-order valence-corrected chi connectivity index (χ1v) is 13.3. The van der Waals surface area contributed by atoms with Gasteiger partial charge in [-0.1, -0.05) is 58.0 Å². The SMILES string of the molecule is CC(C)C(CC(=O)OCc1ccccc1)C(=O)NC(C(=O)CC1Cc2cc(ccn2)CNC(=O)C1=O)C(C)C. The Hall–Kier alpha value is -3.88. The van der Waals surface area contributed by atoms with Crippen molar-refractivity contribution in [2.24, 2.45) is 23.7 Å². The lowest BCUT2D eigenvalue weighted by atomic mass is 9.86. The number of benzene rings is 1. The molecule has 2 aromatic rings. The minimum Gasteiger partial charge on any atom is -0.461 e. The molecule has 0 radical (unpaired) electrons. The average Bonchev–Trinajstić information content (AvgIpc) is 2.94. The van der Waals surface area contributed by atoms with E-state index in [4.69, 9.17) is 4.74 Å². The van der Waals surface area contributed by atoms with Gasteiger partial charge in [-0.3, -0.25) is 29.0 Å². The standard InChI is InChI=1S/C30H37N3O6/c1-18(2)24(15-26(35)39-17-20-8-6-5-7-9-20)29(37)33-27(19(3)4)25(34)14-22-13-23-12-21(10-11-31-23)16-32-30(38)28(22)36/h5-12,18-19,22,24,27H,13-17H2,1-4H3,(H,32,38)(H,33,37). The van der Waals surface area contributed by atoms with Crippen LogP contribution in [-0.4, -0.2) is 40.4 Å². The number of esters is 1. The minimum absolute atomic E-state index is 0.111. The summed E-state index contributed by atoms with van der Waals surface area (Å²) in [4.78, 5) is 68.8. The number of aromatic nitrogens is 1. The monoisotopic (exact) mass is 535 g/mol. The fourth-order valence-electron chi connectivity index (χ4n) is 4.57. The van der Waals surface area contributed by atoms with Gasteiger partial charge in [-0.25, -0.2) is 0 Å².